The van der Waals surface area contributed by atoms with Crippen LogP contribution in [0.5, 0.6) is 0 Å². The van der Waals surface area contributed by atoms with E-state index in [2.05, 4.69) is 5.32 Å². The van der Waals surface area contributed by atoms with E-state index in [0.717, 1.165) is 38.4 Å². The van der Waals surface area contributed by atoms with Gasteiger partial charge in [0.05, 0.1) is 0 Å². The number of hydrogen-bond acceptors (Lipinski definition) is 2. The summed E-state index contributed by atoms with van der Waals surface area (Å²) in [5, 5.41) is 3.24. The number of rotatable bonds is 4. The summed E-state index contributed by atoms with van der Waals surface area (Å²) >= 11 is 0. The Morgan fingerprint density at radius 1 is 1.33 bits per heavy atom. The van der Waals surface area contributed by atoms with Crippen LogP contribution in [0.3, 0.4) is 0 Å². The molecule has 1 fully saturated rings. The van der Waals surface area contributed by atoms with Gasteiger partial charge in [0.25, 0.3) is 5.91 Å². The van der Waals surface area contributed by atoms with E-state index in [1.165, 1.54) is 6.07 Å². The van der Waals surface area contributed by atoms with Gasteiger partial charge >= 0.3 is 0 Å². The third kappa shape index (κ3) is 3.40. The summed E-state index contributed by atoms with van der Waals surface area (Å²) in [4.78, 5) is 14.3. The van der Waals surface area contributed by atoms with Gasteiger partial charge in [-0.05, 0) is 50.9 Å². The molecule has 1 amide bonds. The summed E-state index contributed by atoms with van der Waals surface area (Å²) in [6.45, 7) is 5.69. The van der Waals surface area contributed by atoms with Crippen molar-refractivity contribution < 1.29 is 13.6 Å². The molecular weight excluding hydrogens is 274 g/mol. The number of carbonyl (C=O) groups is 1. The van der Waals surface area contributed by atoms with E-state index in [4.69, 9.17) is 0 Å². The Morgan fingerprint density at radius 2 is 2.00 bits per heavy atom. The fourth-order valence-electron chi connectivity index (χ4n) is 2.81. The summed E-state index contributed by atoms with van der Waals surface area (Å²) < 4.78 is 28.1. The molecule has 1 aromatic carbocycles. The number of piperidine rings is 1. The average Bonchev–Trinajstić information content (AvgIpc) is 2.49. The van der Waals surface area contributed by atoms with E-state index >= 15 is 0 Å². The van der Waals surface area contributed by atoms with Crippen molar-refractivity contribution in [2.24, 2.45) is 0 Å². The van der Waals surface area contributed by atoms with Gasteiger partial charge in [-0.3, -0.25) is 4.79 Å². The van der Waals surface area contributed by atoms with E-state index in [9.17, 15) is 13.6 Å². The number of carbonyl (C=O) groups excluding carboxylic acids is 1. The first-order valence-electron chi connectivity index (χ1n) is 7.52. The van der Waals surface area contributed by atoms with Gasteiger partial charge in [0, 0.05) is 12.6 Å². The summed E-state index contributed by atoms with van der Waals surface area (Å²) in [5.41, 5.74) is -0.122. The number of halogens is 2. The van der Waals surface area contributed by atoms with E-state index in [1.807, 2.05) is 6.92 Å². The predicted molar refractivity (Wildman–Crippen MR) is 78.3 cm³/mol. The van der Waals surface area contributed by atoms with Gasteiger partial charge in [0.1, 0.15) is 17.2 Å². The largest absolute Gasteiger partial charge is 0.335 e. The van der Waals surface area contributed by atoms with Crippen LogP contribution in [0.25, 0.3) is 0 Å². The second kappa shape index (κ2) is 6.98. The molecule has 21 heavy (non-hydrogen) atoms. The monoisotopic (exact) mass is 296 g/mol. The molecule has 0 atom stereocenters. The van der Waals surface area contributed by atoms with Crippen molar-refractivity contribution in [3.8, 4) is 0 Å². The number of hydrogen-bond donors (Lipinski definition) is 1. The SMILES string of the molecule is CCCN(C(=O)c1c(F)ccc(C)c1F)C1CCNCC1. The minimum atomic E-state index is -0.780. The lowest BCUT2D eigenvalue weighted by Gasteiger charge is -2.34. The number of nitrogens with zero attached hydrogens (tertiary/aromatic N) is 1. The van der Waals surface area contributed by atoms with Crippen LogP contribution in [0.1, 0.15) is 42.1 Å². The maximum absolute atomic E-state index is 14.2. The molecule has 0 unspecified atom stereocenters. The number of aryl methyl sites for hydroxylation is 1. The zero-order valence-electron chi connectivity index (χ0n) is 12.6. The minimum Gasteiger partial charge on any atom is -0.335 e. The second-order valence-corrected chi connectivity index (χ2v) is 5.53. The first-order valence-corrected chi connectivity index (χ1v) is 7.52. The third-order valence-electron chi connectivity index (χ3n) is 3.97. The Morgan fingerprint density at radius 3 is 2.62 bits per heavy atom. The third-order valence-corrected chi connectivity index (χ3v) is 3.97. The summed E-state index contributed by atoms with van der Waals surface area (Å²) in [6, 6.07) is 2.58. The number of nitrogens with one attached hydrogen (secondary N) is 1. The molecule has 1 saturated heterocycles. The smallest absolute Gasteiger partial charge is 0.260 e. The molecule has 1 aromatic rings. The molecule has 0 saturated carbocycles. The standard InChI is InChI=1S/C16H22F2N2O/c1-3-10-20(12-6-8-19-9-7-12)16(21)14-13(17)5-4-11(2)15(14)18/h4-5,12,19H,3,6-10H2,1-2H3. The zero-order chi connectivity index (χ0) is 15.4. The van der Waals surface area contributed by atoms with E-state index in [0.29, 0.717) is 12.1 Å². The highest BCUT2D eigenvalue weighted by molar-refractivity contribution is 5.95. The lowest BCUT2D eigenvalue weighted by Crippen LogP contribution is -2.47. The van der Waals surface area contributed by atoms with Crippen LogP contribution < -0.4 is 5.32 Å². The van der Waals surface area contributed by atoms with Crippen LogP contribution in [-0.4, -0.2) is 36.5 Å². The van der Waals surface area contributed by atoms with Crippen LogP contribution in [0.2, 0.25) is 0 Å². The molecular formula is C16H22F2N2O. The van der Waals surface area contributed by atoms with Gasteiger partial charge in [0.2, 0.25) is 0 Å². The highest BCUT2D eigenvalue weighted by Gasteiger charge is 2.29. The maximum atomic E-state index is 14.2. The zero-order valence-corrected chi connectivity index (χ0v) is 12.6. The van der Waals surface area contributed by atoms with Crippen molar-refractivity contribution >= 4 is 5.91 Å². The highest BCUT2D eigenvalue weighted by atomic mass is 19.1. The predicted octanol–water partition coefficient (Wildman–Crippen LogP) is 2.88. The molecule has 5 heteroatoms. The Hall–Kier alpha value is -1.49. The molecule has 1 N–H and O–H groups in total. The van der Waals surface area contributed by atoms with E-state index in [1.54, 1.807) is 11.8 Å². The van der Waals surface area contributed by atoms with Crippen molar-refractivity contribution in [3.63, 3.8) is 0 Å². The Kier molecular flexibility index (Phi) is 5.28. The fraction of sp³-hybridized carbons (Fsp3) is 0.562. The van der Waals surface area contributed by atoms with E-state index < -0.39 is 23.1 Å². The molecule has 0 radical (unpaired) electrons. The lowest BCUT2D eigenvalue weighted by molar-refractivity contribution is 0.0632. The Balaban J connectivity index is 2.32. The fourth-order valence-corrected chi connectivity index (χ4v) is 2.81. The van der Waals surface area contributed by atoms with Gasteiger partial charge < -0.3 is 10.2 Å². The van der Waals surface area contributed by atoms with Gasteiger partial charge in [-0.25, -0.2) is 8.78 Å². The first-order chi connectivity index (χ1) is 10.1. The molecule has 1 aliphatic rings. The van der Waals surface area contributed by atoms with Crippen molar-refractivity contribution in [1.29, 1.82) is 0 Å². The van der Waals surface area contributed by atoms with Crippen LogP contribution in [0, 0.1) is 18.6 Å². The van der Waals surface area contributed by atoms with Gasteiger partial charge in [-0.15, -0.1) is 0 Å². The average molecular weight is 296 g/mol. The second-order valence-electron chi connectivity index (χ2n) is 5.53. The Labute approximate surface area is 124 Å². The quantitative estimate of drug-likeness (QED) is 0.926. The molecule has 2 rings (SSSR count). The molecule has 0 bridgehead atoms. The van der Waals surface area contributed by atoms with Crippen molar-refractivity contribution in [3.05, 3.63) is 34.9 Å². The lowest BCUT2D eigenvalue weighted by atomic mass is 10.0. The van der Waals surface area contributed by atoms with Gasteiger partial charge in [0.15, 0.2) is 0 Å². The van der Waals surface area contributed by atoms with Crippen LogP contribution >= 0.6 is 0 Å². The van der Waals surface area contributed by atoms with Crippen molar-refractivity contribution in [2.45, 2.75) is 39.2 Å². The van der Waals surface area contributed by atoms with Gasteiger partial charge in [-0.1, -0.05) is 13.0 Å². The van der Waals surface area contributed by atoms with Crippen LogP contribution in [-0.2, 0) is 0 Å². The van der Waals surface area contributed by atoms with E-state index in [-0.39, 0.29) is 6.04 Å². The number of benzene rings is 1. The van der Waals surface area contributed by atoms with Crippen LogP contribution in [0.4, 0.5) is 8.78 Å². The molecule has 0 aromatic heterocycles. The highest BCUT2D eigenvalue weighted by Crippen LogP contribution is 2.22. The normalized spacial score (nSPS) is 16.0. The molecule has 1 heterocycles. The van der Waals surface area contributed by atoms with Gasteiger partial charge in [-0.2, -0.15) is 0 Å². The summed E-state index contributed by atoms with van der Waals surface area (Å²) in [5.74, 6) is -2.05. The topological polar surface area (TPSA) is 32.3 Å². The number of amides is 1. The van der Waals surface area contributed by atoms with Crippen molar-refractivity contribution in [2.75, 3.05) is 19.6 Å². The summed E-state index contributed by atoms with van der Waals surface area (Å²) in [6.07, 6.45) is 2.41. The molecule has 116 valence electrons. The first kappa shape index (κ1) is 15.9. The summed E-state index contributed by atoms with van der Waals surface area (Å²) in [7, 11) is 0. The molecule has 0 spiro atoms. The minimum absolute atomic E-state index is 0.0537. The maximum Gasteiger partial charge on any atom is 0.260 e. The molecule has 0 aliphatic carbocycles. The van der Waals surface area contributed by atoms with Crippen LogP contribution in [0.15, 0.2) is 12.1 Å². The van der Waals surface area contributed by atoms with Crippen molar-refractivity contribution in [1.82, 2.24) is 10.2 Å². The molecule has 1 aliphatic heterocycles. The molecule has 3 nitrogen and oxygen atoms in total. The Bertz CT molecular complexity index is 513.